The fourth-order valence-corrected chi connectivity index (χ4v) is 2.55. The van der Waals surface area contributed by atoms with E-state index in [4.69, 9.17) is 5.73 Å². The Labute approximate surface area is 120 Å². The third-order valence-electron chi connectivity index (χ3n) is 2.93. The van der Waals surface area contributed by atoms with E-state index < -0.39 is 0 Å². The maximum atomic E-state index is 12.2. The molecule has 0 saturated heterocycles. The van der Waals surface area contributed by atoms with Crippen LogP contribution in [0.4, 0.5) is 0 Å². The van der Waals surface area contributed by atoms with Gasteiger partial charge in [0.15, 0.2) is 0 Å². The van der Waals surface area contributed by atoms with Crippen LogP contribution in [0.3, 0.4) is 0 Å². The average molecular weight is 291 g/mol. The average Bonchev–Trinajstić information content (AvgIpc) is 2.80. The largest absolute Gasteiger partial charge is 0.345 e. The summed E-state index contributed by atoms with van der Waals surface area (Å²) in [5.41, 5.74) is 5.66. The molecule has 1 heterocycles. The molecule has 3 nitrogen and oxygen atoms in total. The maximum Gasteiger partial charge on any atom is 0.230 e. The minimum atomic E-state index is -0.0615. The predicted octanol–water partition coefficient (Wildman–Crippen LogP) is 2.72. The Morgan fingerprint density at radius 1 is 1.56 bits per heavy atom. The zero-order chi connectivity index (χ0) is 13.1. The first-order valence-corrected chi connectivity index (χ1v) is 6.74. The van der Waals surface area contributed by atoms with E-state index in [2.05, 4.69) is 13.8 Å². The van der Waals surface area contributed by atoms with Gasteiger partial charge in [-0.3, -0.25) is 4.79 Å². The molecule has 18 heavy (non-hydrogen) atoms. The Morgan fingerprint density at radius 2 is 2.17 bits per heavy atom. The highest BCUT2D eigenvalue weighted by atomic mass is 35.5. The number of rotatable bonds is 5. The van der Waals surface area contributed by atoms with Crippen LogP contribution in [-0.2, 0) is 4.79 Å². The highest BCUT2D eigenvalue weighted by Crippen LogP contribution is 2.24. The minimum absolute atomic E-state index is 0. The monoisotopic (exact) mass is 290 g/mol. The first-order chi connectivity index (χ1) is 7.87. The molecule has 0 aliphatic heterocycles. The number of likely N-dealkylation sites (N-methyl/N-ethyl adjacent to an activating group) is 1. The molecule has 1 rings (SSSR count). The molecular formula is C13H23ClN2OS. The van der Waals surface area contributed by atoms with Gasteiger partial charge in [0.2, 0.25) is 5.91 Å². The van der Waals surface area contributed by atoms with Crippen molar-refractivity contribution >= 4 is 29.7 Å². The van der Waals surface area contributed by atoms with E-state index in [0.29, 0.717) is 13.1 Å². The molecule has 1 atom stereocenters. The van der Waals surface area contributed by atoms with E-state index in [1.165, 1.54) is 0 Å². The fraction of sp³-hybridized carbons (Fsp3) is 0.615. The third-order valence-corrected chi connectivity index (χ3v) is 3.99. The highest BCUT2D eigenvalue weighted by molar-refractivity contribution is 7.10. The molecule has 1 aromatic rings. The van der Waals surface area contributed by atoms with Crippen LogP contribution < -0.4 is 5.73 Å². The summed E-state index contributed by atoms with van der Waals surface area (Å²) in [5, 5.41) is 2.00. The second-order valence-corrected chi connectivity index (χ2v) is 6.28. The van der Waals surface area contributed by atoms with Crippen LogP contribution in [0, 0.1) is 5.41 Å². The van der Waals surface area contributed by atoms with Gasteiger partial charge in [0, 0.05) is 18.5 Å². The number of thiophene rings is 1. The van der Waals surface area contributed by atoms with Crippen molar-refractivity contribution in [1.82, 2.24) is 4.90 Å². The molecule has 1 aromatic heterocycles. The second-order valence-electron chi connectivity index (χ2n) is 5.30. The molecule has 1 amide bonds. The summed E-state index contributed by atoms with van der Waals surface area (Å²) in [6.07, 6.45) is 0. The first kappa shape index (κ1) is 17.4. The topological polar surface area (TPSA) is 46.3 Å². The number of carbonyl (C=O) groups excluding carboxylic acids is 1. The minimum Gasteiger partial charge on any atom is -0.345 e. The molecule has 0 fully saturated rings. The van der Waals surface area contributed by atoms with Gasteiger partial charge in [-0.15, -0.1) is 23.7 Å². The summed E-state index contributed by atoms with van der Waals surface area (Å²) in [6.45, 7) is 7.38. The number of nitrogens with zero attached hydrogens (tertiary/aromatic N) is 1. The highest BCUT2D eigenvalue weighted by Gasteiger charge is 2.25. The van der Waals surface area contributed by atoms with Crippen LogP contribution in [0.1, 0.15) is 31.6 Å². The van der Waals surface area contributed by atoms with Crippen molar-refractivity contribution in [3.63, 3.8) is 0 Å². The summed E-state index contributed by atoms with van der Waals surface area (Å²) in [7, 11) is 1.85. The third kappa shape index (κ3) is 4.59. The zero-order valence-electron chi connectivity index (χ0n) is 11.5. The molecule has 5 heteroatoms. The van der Waals surface area contributed by atoms with E-state index in [1.54, 1.807) is 16.2 Å². The van der Waals surface area contributed by atoms with Gasteiger partial charge in [0.1, 0.15) is 0 Å². The van der Waals surface area contributed by atoms with Crippen molar-refractivity contribution < 1.29 is 4.79 Å². The Balaban J connectivity index is 0.00000289. The van der Waals surface area contributed by atoms with E-state index in [1.807, 2.05) is 31.5 Å². The van der Waals surface area contributed by atoms with Gasteiger partial charge in [-0.25, -0.2) is 0 Å². The molecule has 0 radical (unpaired) electrons. The summed E-state index contributed by atoms with van der Waals surface area (Å²) >= 11 is 1.63. The Bertz CT molecular complexity index is 365. The number of hydrogen-bond donors (Lipinski definition) is 1. The van der Waals surface area contributed by atoms with Gasteiger partial charge in [-0.05, 0) is 30.3 Å². The molecule has 2 N–H and O–H groups in total. The van der Waals surface area contributed by atoms with E-state index in [9.17, 15) is 4.79 Å². The van der Waals surface area contributed by atoms with E-state index in [-0.39, 0.29) is 29.6 Å². The van der Waals surface area contributed by atoms with Gasteiger partial charge in [-0.2, -0.15) is 0 Å². The molecular weight excluding hydrogens is 268 g/mol. The van der Waals surface area contributed by atoms with Gasteiger partial charge >= 0.3 is 0 Å². The second kappa shape index (κ2) is 7.12. The molecule has 0 spiro atoms. The Morgan fingerprint density at radius 3 is 2.61 bits per heavy atom. The lowest BCUT2D eigenvalue weighted by molar-refractivity contribution is -0.132. The van der Waals surface area contributed by atoms with Crippen LogP contribution in [0.25, 0.3) is 0 Å². The van der Waals surface area contributed by atoms with Crippen molar-refractivity contribution in [3.8, 4) is 0 Å². The van der Waals surface area contributed by atoms with E-state index >= 15 is 0 Å². The van der Waals surface area contributed by atoms with Crippen molar-refractivity contribution in [2.24, 2.45) is 11.1 Å². The smallest absolute Gasteiger partial charge is 0.230 e. The summed E-state index contributed by atoms with van der Waals surface area (Å²) in [4.78, 5) is 15.1. The standard InChI is InChI=1S/C13H22N2OS.ClH/c1-10(11-6-5-7-17-11)12(16)15(4)9-13(2,3)8-14;/h5-7,10H,8-9,14H2,1-4H3;1H. The lowest BCUT2D eigenvalue weighted by atomic mass is 9.93. The lowest BCUT2D eigenvalue weighted by Gasteiger charge is -2.30. The Hall–Kier alpha value is -0.580. The van der Waals surface area contributed by atoms with Crippen LogP contribution >= 0.6 is 23.7 Å². The van der Waals surface area contributed by atoms with Gasteiger partial charge in [-0.1, -0.05) is 19.9 Å². The number of nitrogens with two attached hydrogens (primary N) is 1. The van der Waals surface area contributed by atoms with Gasteiger partial charge in [0.05, 0.1) is 5.92 Å². The van der Waals surface area contributed by atoms with Gasteiger partial charge in [0.25, 0.3) is 0 Å². The number of carbonyl (C=O) groups is 1. The van der Waals surface area contributed by atoms with E-state index in [0.717, 1.165) is 4.88 Å². The van der Waals surface area contributed by atoms with Crippen LogP contribution in [0.15, 0.2) is 17.5 Å². The maximum absolute atomic E-state index is 12.2. The van der Waals surface area contributed by atoms with Crippen LogP contribution in [0.2, 0.25) is 0 Å². The van der Waals surface area contributed by atoms with Gasteiger partial charge < -0.3 is 10.6 Å². The number of hydrogen-bond acceptors (Lipinski definition) is 3. The lowest BCUT2D eigenvalue weighted by Crippen LogP contribution is -2.41. The van der Waals surface area contributed by atoms with Crippen molar-refractivity contribution in [2.45, 2.75) is 26.7 Å². The Kier molecular flexibility index (Phi) is 6.89. The fourth-order valence-electron chi connectivity index (χ4n) is 1.77. The van der Waals surface area contributed by atoms with Crippen molar-refractivity contribution in [2.75, 3.05) is 20.1 Å². The molecule has 0 bridgehead atoms. The molecule has 0 aromatic carbocycles. The van der Waals surface area contributed by atoms with Crippen molar-refractivity contribution in [3.05, 3.63) is 22.4 Å². The normalized spacial score (nSPS) is 12.7. The quantitative estimate of drug-likeness (QED) is 0.906. The predicted molar refractivity (Wildman–Crippen MR) is 80.5 cm³/mol. The molecule has 1 unspecified atom stereocenters. The molecule has 0 saturated carbocycles. The number of amides is 1. The van der Waals surface area contributed by atoms with Crippen LogP contribution in [-0.4, -0.2) is 30.9 Å². The zero-order valence-corrected chi connectivity index (χ0v) is 13.1. The molecule has 104 valence electrons. The molecule has 0 aliphatic rings. The van der Waals surface area contributed by atoms with Crippen LogP contribution in [0.5, 0.6) is 0 Å². The van der Waals surface area contributed by atoms with Crippen molar-refractivity contribution in [1.29, 1.82) is 0 Å². The summed E-state index contributed by atoms with van der Waals surface area (Å²) in [6, 6.07) is 3.99. The first-order valence-electron chi connectivity index (χ1n) is 5.86. The molecule has 0 aliphatic carbocycles. The summed E-state index contributed by atoms with van der Waals surface area (Å²) in [5.74, 6) is 0.0996. The SMILES string of the molecule is CC(C(=O)N(C)CC(C)(C)CN)c1cccs1.Cl. The summed E-state index contributed by atoms with van der Waals surface area (Å²) < 4.78 is 0. The number of halogens is 1.